The lowest BCUT2D eigenvalue weighted by molar-refractivity contribution is -0.127. The lowest BCUT2D eigenvalue weighted by atomic mass is 10.1. The smallest absolute Gasteiger partial charge is 0.237 e. The summed E-state index contributed by atoms with van der Waals surface area (Å²) in [5, 5.41) is 5.75. The van der Waals surface area contributed by atoms with Gasteiger partial charge in [-0.05, 0) is 50.9 Å². The molecule has 1 aromatic rings. The summed E-state index contributed by atoms with van der Waals surface area (Å²) in [5.74, 6) is -0.424. The molecule has 0 saturated heterocycles. The fourth-order valence-electron chi connectivity index (χ4n) is 2.19. The predicted molar refractivity (Wildman–Crippen MR) is 86.4 cm³/mol. The molecule has 0 aromatic heterocycles. The molecule has 0 bridgehead atoms. The first-order valence-electron chi connectivity index (χ1n) is 7.97. The lowest BCUT2D eigenvalue weighted by Crippen LogP contribution is -2.47. The first-order chi connectivity index (χ1) is 11.0. The third-order valence-electron chi connectivity index (χ3n) is 4.00. The molecule has 1 fully saturated rings. The predicted octanol–water partition coefficient (Wildman–Crippen LogP) is 1.08. The highest BCUT2D eigenvalue weighted by Crippen LogP contribution is 2.18. The van der Waals surface area contributed by atoms with Gasteiger partial charge >= 0.3 is 0 Å². The fraction of sp³-hybridized carbons (Fsp3) is 0.529. The zero-order valence-electron chi connectivity index (χ0n) is 13.6. The molecule has 2 N–H and O–H groups in total. The summed E-state index contributed by atoms with van der Waals surface area (Å²) in [5.41, 5.74) is 0.969. The monoisotopic (exact) mass is 321 g/mol. The van der Waals surface area contributed by atoms with Gasteiger partial charge in [-0.25, -0.2) is 4.39 Å². The van der Waals surface area contributed by atoms with Crippen LogP contribution in [0.3, 0.4) is 0 Å². The Balaban J connectivity index is 1.68. The molecule has 1 aliphatic rings. The molecule has 0 heterocycles. The van der Waals surface area contributed by atoms with Crippen molar-refractivity contribution in [2.75, 3.05) is 20.1 Å². The fourth-order valence-corrected chi connectivity index (χ4v) is 2.19. The highest BCUT2D eigenvalue weighted by Gasteiger charge is 2.25. The quantitative estimate of drug-likeness (QED) is 0.753. The molecule has 0 unspecified atom stereocenters. The van der Waals surface area contributed by atoms with Crippen LogP contribution in [0.1, 0.15) is 25.3 Å². The van der Waals surface area contributed by atoms with Crippen LogP contribution in [0.5, 0.6) is 0 Å². The zero-order chi connectivity index (χ0) is 16.8. The second-order valence-electron chi connectivity index (χ2n) is 6.10. The molecule has 1 atom stereocenters. The van der Waals surface area contributed by atoms with Crippen LogP contribution in [0.2, 0.25) is 0 Å². The van der Waals surface area contributed by atoms with Crippen LogP contribution in [-0.4, -0.2) is 48.9 Å². The summed E-state index contributed by atoms with van der Waals surface area (Å²) in [6.07, 6.45) is 2.74. The van der Waals surface area contributed by atoms with E-state index in [-0.39, 0.29) is 30.2 Å². The van der Waals surface area contributed by atoms with Gasteiger partial charge in [0, 0.05) is 12.6 Å². The Hall–Kier alpha value is -1.95. The van der Waals surface area contributed by atoms with Crippen molar-refractivity contribution in [2.45, 2.75) is 38.3 Å². The molecular weight excluding hydrogens is 297 g/mol. The van der Waals surface area contributed by atoms with Crippen molar-refractivity contribution in [2.24, 2.45) is 0 Å². The van der Waals surface area contributed by atoms with E-state index in [2.05, 4.69) is 10.6 Å². The number of hydrogen-bond acceptors (Lipinski definition) is 3. The molecule has 0 spiro atoms. The van der Waals surface area contributed by atoms with Gasteiger partial charge in [-0.1, -0.05) is 12.1 Å². The summed E-state index contributed by atoms with van der Waals surface area (Å²) in [6, 6.07) is 6.18. The Bertz CT molecular complexity index is 543. The maximum Gasteiger partial charge on any atom is 0.237 e. The number of halogens is 1. The van der Waals surface area contributed by atoms with E-state index in [4.69, 9.17) is 0 Å². The molecule has 2 rings (SSSR count). The van der Waals surface area contributed by atoms with E-state index >= 15 is 0 Å². The maximum atomic E-state index is 12.8. The minimum absolute atomic E-state index is 0.0408. The normalized spacial score (nSPS) is 15.3. The Morgan fingerprint density at radius 2 is 1.96 bits per heavy atom. The van der Waals surface area contributed by atoms with E-state index in [1.807, 2.05) is 0 Å². The average molecular weight is 321 g/mol. The van der Waals surface area contributed by atoms with E-state index in [1.165, 1.54) is 12.1 Å². The third-order valence-corrected chi connectivity index (χ3v) is 4.00. The minimum atomic E-state index is -0.381. The first kappa shape index (κ1) is 17.4. The van der Waals surface area contributed by atoms with Gasteiger partial charge in [-0.3, -0.25) is 14.5 Å². The standard InChI is InChI=1S/C17H24FN3O2/c1-12(21(2)11-16(22)20-15-7-8-15)17(23)19-10-9-13-3-5-14(18)6-4-13/h3-6,12,15H,7-11H2,1-2H3,(H,19,23)(H,20,22)/t12-/m1/s1. The largest absolute Gasteiger partial charge is 0.354 e. The summed E-state index contributed by atoms with van der Waals surface area (Å²) in [6.45, 7) is 2.47. The van der Waals surface area contributed by atoms with Gasteiger partial charge in [0.25, 0.3) is 0 Å². The van der Waals surface area contributed by atoms with E-state index in [9.17, 15) is 14.0 Å². The first-order valence-corrected chi connectivity index (χ1v) is 7.97. The highest BCUT2D eigenvalue weighted by atomic mass is 19.1. The molecule has 0 aliphatic heterocycles. The van der Waals surface area contributed by atoms with Gasteiger partial charge in [0.15, 0.2) is 0 Å². The number of nitrogens with one attached hydrogen (secondary N) is 2. The van der Waals surface area contributed by atoms with Gasteiger partial charge in [-0.2, -0.15) is 0 Å². The van der Waals surface area contributed by atoms with Crippen LogP contribution >= 0.6 is 0 Å². The molecule has 1 saturated carbocycles. The molecule has 1 aliphatic carbocycles. The van der Waals surface area contributed by atoms with Gasteiger partial charge in [0.1, 0.15) is 5.82 Å². The van der Waals surface area contributed by atoms with Gasteiger partial charge in [0.2, 0.25) is 11.8 Å². The van der Waals surface area contributed by atoms with Crippen LogP contribution in [0.4, 0.5) is 4.39 Å². The Labute approximate surface area is 136 Å². The number of benzene rings is 1. The van der Waals surface area contributed by atoms with Gasteiger partial charge in [-0.15, -0.1) is 0 Å². The van der Waals surface area contributed by atoms with Crippen molar-refractivity contribution in [3.63, 3.8) is 0 Å². The molecule has 23 heavy (non-hydrogen) atoms. The number of rotatable bonds is 8. The molecule has 1 aromatic carbocycles. The zero-order valence-corrected chi connectivity index (χ0v) is 13.6. The SMILES string of the molecule is C[C@H](C(=O)NCCc1ccc(F)cc1)N(C)CC(=O)NC1CC1. The summed E-state index contributed by atoms with van der Waals surface area (Å²) in [7, 11) is 1.76. The highest BCUT2D eigenvalue weighted by molar-refractivity contribution is 5.83. The van der Waals surface area contributed by atoms with Crippen molar-refractivity contribution >= 4 is 11.8 Å². The second kappa shape index (κ2) is 8.06. The molecule has 5 nitrogen and oxygen atoms in total. The van der Waals surface area contributed by atoms with Crippen molar-refractivity contribution in [1.29, 1.82) is 0 Å². The number of hydrogen-bond donors (Lipinski definition) is 2. The summed E-state index contributed by atoms with van der Waals surface area (Å²) in [4.78, 5) is 25.6. The molecule has 0 radical (unpaired) electrons. The van der Waals surface area contributed by atoms with Gasteiger partial charge in [0.05, 0.1) is 12.6 Å². The van der Waals surface area contributed by atoms with Crippen molar-refractivity contribution in [3.05, 3.63) is 35.6 Å². The molecular formula is C17H24FN3O2. The van der Waals surface area contributed by atoms with Crippen LogP contribution in [0, 0.1) is 5.82 Å². The Morgan fingerprint density at radius 3 is 2.57 bits per heavy atom. The Morgan fingerprint density at radius 1 is 1.30 bits per heavy atom. The van der Waals surface area contributed by atoms with Crippen LogP contribution in [0.15, 0.2) is 24.3 Å². The summed E-state index contributed by atoms with van der Waals surface area (Å²) >= 11 is 0. The number of amides is 2. The topological polar surface area (TPSA) is 61.4 Å². The number of nitrogens with zero attached hydrogens (tertiary/aromatic N) is 1. The molecule has 2 amide bonds. The summed E-state index contributed by atoms with van der Waals surface area (Å²) < 4.78 is 12.8. The van der Waals surface area contributed by atoms with Crippen molar-refractivity contribution in [1.82, 2.24) is 15.5 Å². The Kier molecular flexibility index (Phi) is 6.10. The van der Waals surface area contributed by atoms with E-state index in [1.54, 1.807) is 31.0 Å². The lowest BCUT2D eigenvalue weighted by Gasteiger charge is -2.23. The molecule has 6 heteroatoms. The van der Waals surface area contributed by atoms with Gasteiger partial charge < -0.3 is 10.6 Å². The van der Waals surface area contributed by atoms with Crippen molar-refractivity contribution < 1.29 is 14.0 Å². The minimum Gasteiger partial charge on any atom is -0.354 e. The van der Waals surface area contributed by atoms with E-state index < -0.39 is 0 Å². The van der Waals surface area contributed by atoms with Crippen LogP contribution < -0.4 is 10.6 Å². The molecule has 126 valence electrons. The van der Waals surface area contributed by atoms with Crippen LogP contribution in [-0.2, 0) is 16.0 Å². The third kappa shape index (κ3) is 5.98. The van der Waals surface area contributed by atoms with E-state index in [0.29, 0.717) is 19.0 Å². The van der Waals surface area contributed by atoms with Crippen LogP contribution in [0.25, 0.3) is 0 Å². The number of likely N-dealkylation sites (N-methyl/N-ethyl adjacent to an activating group) is 1. The average Bonchev–Trinajstić information content (AvgIpc) is 3.32. The number of carbonyl (C=O) groups excluding carboxylic acids is 2. The van der Waals surface area contributed by atoms with Crippen molar-refractivity contribution in [3.8, 4) is 0 Å². The number of carbonyl (C=O) groups is 2. The maximum absolute atomic E-state index is 12.8. The second-order valence-corrected chi connectivity index (χ2v) is 6.10. The van der Waals surface area contributed by atoms with E-state index in [0.717, 1.165) is 18.4 Å².